The first-order valence-corrected chi connectivity index (χ1v) is 5.97. The lowest BCUT2D eigenvalue weighted by atomic mass is 10.1. The van der Waals surface area contributed by atoms with Crippen LogP contribution in [-0.2, 0) is 0 Å². The van der Waals surface area contributed by atoms with Gasteiger partial charge >= 0.3 is 0 Å². The van der Waals surface area contributed by atoms with Crippen LogP contribution in [0.2, 0.25) is 0 Å². The van der Waals surface area contributed by atoms with E-state index < -0.39 is 0 Å². The van der Waals surface area contributed by atoms with Gasteiger partial charge in [0.1, 0.15) is 11.6 Å². The third kappa shape index (κ3) is 2.15. The molecule has 19 heavy (non-hydrogen) atoms. The van der Waals surface area contributed by atoms with Crippen LogP contribution in [0.1, 0.15) is 0 Å². The number of methoxy groups -OCH3 is 1. The lowest BCUT2D eigenvalue weighted by Crippen LogP contribution is -1.91. The summed E-state index contributed by atoms with van der Waals surface area (Å²) in [6.45, 7) is 0. The molecule has 0 radical (unpaired) electrons. The summed E-state index contributed by atoms with van der Waals surface area (Å²) in [6.07, 6.45) is 0. The number of ether oxygens (including phenoxy) is 1. The molecule has 1 aromatic heterocycles. The van der Waals surface area contributed by atoms with Crippen molar-refractivity contribution in [2.24, 2.45) is 0 Å². The highest BCUT2D eigenvalue weighted by Gasteiger charge is 2.08. The molecule has 0 atom stereocenters. The molecule has 3 aromatic rings. The third-order valence-electron chi connectivity index (χ3n) is 3.04. The zero-order valence-electron chi connectivity index (χ0n) is 10.4. The number of hydrogen-bond acceptors (Lipinski definition) is 2. The molecule has 3 rings (SSSR count). The van der Waals surface area contributed by atoms with Crippen LogP contribution in [0.4, 0.5) is 4.39 Å². The fraction of sp³-hybridized carbons (Fsp3) is 0.0625. The minimum Gasteiger partial charge on any atom is -0.496 e. The first kappa shape index (κ1) is 11.7. The monoisotopic (exact) mass is 253 g/mol. The zero-order valence-corrected chi connectivity index (χ0v) is 10.4. The quantitative estimate of drug-likeness (QED) is 0.687. The summed E-state index contributed by atoms with van der Waals surface area (Å²) in [5, 5.41) is 1.08. The number of benzene rings is 2. The smallest absolute Gasteiger partial charge is 0.131 e. The summed E-state index contributed by atoms with van der Waals surface area (Å²) in [5.74, 6) is 0.171. The third-order valence-corrected chi connectivity index (χ3v) is 3.04. The highest BCUT2D eigenvalue weighted by atomic mass is 19.1. The summed E-state index contributed by atoms with van der Waals surface area (Å²) in [7, 11) is 1.53. The van der Waals surface area contributed by atoms with Gasteiger partial charge in [0.2, 0.25) is 0 Å². The lowest BCUT2D eigenvalue weighted by molar-refractivity contribution is 0.413. The van der Waals surface area contributed by atoms with E-state index in [1.54, 1.807) is 6.07 Å². The molecule has 94 valence electrons. The Morgan fingerprint density at radius 3 is 2.68 bits per heavy atom. The number of nitrogens with zero attached hydrogens (tertiary/aromatic N) is 1. The number of rotatable bonds is 2. The van der Waals surface area contributed by atoms with Crippen LogP contribution < -0.4 is 4.74 Å². The maximum atomic E-state index is 13.2. The van der Waals surface area contributed by atoms with Gasteiger partial charge in [-0.15, -0.1) is 0 Å². The van der Waals surface area contributed by atoms with E-state index in [9.17, 15) is 4.39 Å². The topological polar surface area (TPSA) is 22.1 Å². The number of pyridine rings is 1. The van der Waals surface area contributed by atoms with Gasteiger partial charge in [0.15, 0.2) is 0 Å². The molecule has 1 heterocycles. The molecule has 0 saturated carbocycles. The maximum absolute atomic E-state index is 13.2. The Kier molecular flexibility index (Phi) is 2.88. The second-order valence-electron chi connectivity index (χ2n) is 4.23. The van der Waals surface area contributed by atoms with Crippen molar-refractivity contribution in [2.45, 2.75) is 0 Å². The Labute approximate surface area is 110 Å². The van der Waals surface area contributed by atoms with Crippen LogP contribution >= 0.6 is 0 Å². The van der Waals surface area contributed by atoms with Gasteiger partial charge in [0.25, 0.3) is 0 Å². The maximum Gasteiger partial charge on any atom is 0.131 e. The predicted octanol–water partition coefficient (Wildman–Crippen LogP) is 4.05. The van der Waals surface area contributed by atoms with Crippen molar-refractivity contribution in [3.05, 3.63) is 60.4 Å². The number of hydrogen-bond donors (Lipinski definition) is 0. The lowest BCUT2D eigenvalue weighted by Gasteiger charge is -2.08. The Balaban J connectivity index is 2.18. The van der Waals surface area contributed by atoms with Gasteiger partial charge in [0, 0.05) is 17.0 Å². The van der Waals surface area contributed by atoms with Crippen molar-refractivity contribution >= 4 is 10.9 Å². The molecule has 3 heteroatoms. The standard InChI is InChI=1S/C16H12FNO/c1-19-16-10-12(17)7-8-13(16)15-9-6-11-4-2-3-5-14(11)18-15/h2-10H,1H3. The number of para-hydroxylation sites is 1. The largest absolute Gasteiger partial charge is 0.496 e. The molecule has 0 fully saturated rings. The van der Waals surface area contributed by atoms with E-state index >= 15 is 0 Å². The molecule has 0 spiro atoms. The summed E-state index contributed by atoms with van der Waals surface area (Å²) >= 11 is 0. The molecule has 0 aliphatic rings. The molecular weight excluding hydrogens is 241 g/mol. The summed E-state index contributed by atoms with van der Waals surface area (Å²) in [5.41, 5.74) is 2.47. The highest BCUT2D eigenvalue weighted by Crippen LogP contribution is 2.30. The molecule has 0 bridgehead atoms. The van der Waals surface area contributed by atoms with Crippen LogP contribution in [0, 0.1) is 5.82 Å². The van der Waals surface area contributed by atoms with E-state index in [0.717, 1.165) is 22.2 Å². The highest BCUT2D eigenvalue weighted by molar-refractivity contribution is 5.82. The van der Waals surface area contributed by atoms with E-state index in [-0.39, 0.29) is 5.82 Å². The Morgan fingerprint density at radius 1 is 1.00 bits per heavy atom. The Morgan fingerprint density at radius 2 is 1.84 bits per heavy atom. The first-order chi connectivity index (χ1) is 9.28. The SMILES string of the molecule is COc1cc(F)ccc1-c1ccc2ccccc2n1. The Hall–Kier alpha value is -2.42. The van der Waals surface area contributed by atoms with Gasteiger partial charge in [-0.3, -0.25) is 0 Å². The molecule has 0 aliphatic heterocycles. The average Bonchev–Trinajstić information content (AvgIpc) is 2.46. The van der Waals surface area contributed by atoms with Gasteiger partial charge in [-0.25, -0.2) is 9.37 Å². The fourth-order valence-electron chi connectivity index (χ4n) is 2.09. The fourth-order valence-corrected chi connectivity index (χ4v) is 2.09. The molecule has 0 unspecified atom stereocenters. The van der Waals surface area contributed by atoms with Crippen molar-refractivity contribution in [1.29, 1.82) is 0 Å². The van der Waals surface area contributed by atoms with Gasteiger partial charge in [-0.1, -0.05) is 24.3 Å². The van der Waals surface area contributed by atoms with E-state index in [4.69, 9.17) is 4.74 Å². The van der Waals surface area contributed by atoms with E-state index in [1.807, 2.05) is 36.4 Å². The average molecular weight is 253 g/mol. The molecule has 0 N–H and O–H groups in total. The zero-order chi connectivity index (χ0) is 13.2. The van der Waals surface area contributed by atoms with E-state index in [2.05, 4.69) is 4.98 Å². The van der Waals surface area contributed by atoms with E-state index in [1.165, 1.54) is 19.2 Å². The molecule has 0 amide bonds. The van der Waals surface area contributed by atoms with Crippen molar-refractivity contribution < 1.29 is 9.13 Å². The molecule has 2 aromatic carbocycles. The van der Waals surface area contributed by atoms with Crippen molar-refractivity contribution in [3.63, 3.8) is 0 Å². The van der Waals surface area contributed by atoms with Gasteiger partial charge in [-0.2, -0.15) is 0 Å². The molecule has 0 aliphatic carbocycles. The normalized spacial score (nSPS) is 10.6. The predicted molar refractivity (Wildman–Crippen MR) is 73.7 cm³/mol. The number of fused-ring (bicyclic) bond motifs is 1. The van der Waals surface area contributed by atoms with Gasteiger partial charge in [-0.05, 0) is 24.3 Å². The van der Waals surface area contributed by atoms with Crippen LogP contribution in [0.3, 0.4) is 0 Å². The second-order valence-corrected chi connectivity index (χ2v) is 4.23. The Bertz CT molecular complexity index is 740. The van der Waals surface area contributed by atoms with Crippen LogP contribution in [0.15, 0.2) is 54.6 Å². The molecule has 2 nitrogen and oxygen atoms in total. The minimum atomic E-state index is -0.318. The molecule has 0 saturated heterocycles. The van der Waals surface area contributed by atoms with E-state index in [0.29, 0.717) is 5.75 Å². The van der Waals surface area contributed by atoms with Gasteiger partial charge < -0.3 is 4.74 Å². The first-order valence-electron chi connectivity index (χ1n) is 5.97. The number of aromatic nitrogens is 1. The molecular formula is C16H12FNO. The summed E-state index contributed by atoms with van der Waals surface area (Å²) < 4.78 is 18.4. The summed E-state index contributed by atoms with van der Waals surface area (Å²) in [6, 6.07) is 16.3. The number of halogens is 1. The summed E-state index contributed by atoms with van der Waals surface area (Å²) in [4.78, 5) is 4.58. The van der Waals surface area contributed by atoms with Crippen molar-refractivity contribution in [2.75, 3.05) is 7.11 Å². The van der Waals surface area contributed by atoms with Gasteiger partial charge in [0.05, 0.1) is 18.3 Å². The minimum absolute atomic E-state index is 0.318. The van der Waals surface area contributed by atoms with Crippen molar-refractivity contribution in [3.8, 4) is 17.0 Å². The second kappa shape index (κ2) is 4.69. The van der Waals surface area contributed by atoms with Crippen LogP contribution in [-0.4, -0.2) is 12.1 Å². The van der Waals surface area contributed by atoms with Crippen molar-refractivity contribution in [1.82, 2.24) is 4.98 Å². The van der Waals surface area contributed by atoms with Crippen LogP contribution in [0.25, 0.3) is 22.2 Å². The van der Waals surface area contributed by atoms with Crippen LogP contribution in [0.5, 0.6) is 5.75 Å².